The van der Waals surface area contributed by atoms with Crippen LogP contribution in [-0.2, 0) is 0 Å². The second-order valence-electron chi connectivity index (χ2n) is 15.2. The summed E-state index contributed by atoms with van der Waals surface area (Å²) >= 11 is 0. The molecule has 2 heteroatoms. The van der Waals surface area contributed by atoms with Crippen LogP contribution in [0.5, 0.6) is 0 Å². The maximum Gasteiger partial charge on any atom is 0.0562 e. The minimum absolute atomic E-state index is 1.09. The molecule has 0 radical (unpaired) electrons. The smallest absolute Gasteiger partial charge is 0.0562 e. The average molecular weight is 743 g/mol. The minimum Gasteiger partial charge on any atom is -0.310 e. The van der Waals surface area contributed by atoms with Crippen LogP contribution in [0.25, 0.3) is 72.0 Å². The molecule has 58 heavy (non-hydrogen) atoms. The molecule has 2 nitrogen and oxygen atoms in total. The van der Waals surface area contributed by atoms with E-state index >= 15 is 0 Å². The van der Waals surface area contributed by atoms with E-state index in [1.54, 1.807) is 0 Å². The van der Waals surface area contributed by atoms with Gasteiger partial charge < -0.3 is 9.47 Å². The number of nitrogens with zero attached hydrogens (tertiary/aromatic N) is 2. The molecule has 0 unspecified atom stereocenters. The Labute approximate surface area is 340 Å². The Hall–Kier alpha value is -7.42. The highest BCUT2D eigenvalue weighted by Gasteiger charge is 2.20. The van der Waals surface area contributed by atoms with Crippen molar-refractivity contribution in [2.24, 2.45) is 0 Å². The molecule has 0 aliphatic carbocycles. The van der Waals surface area contributed by atoms with Gasteiger partial charge in [0, 0.05) is 33.4 Å². The van der Waals surface area contributed by atoms with Gasteiger partial charge in [0.15, 0.2) is 0 Å². The fourth-order valence-corrected chi connectivity index (χ4v) is 8.29. The number of hydrogen-bond donors (Lipinski definition) is 0. The molecule has 0 atom stereocenters. The van der Waals surface area contributed by atoms with E-state index in [9.17, 15) is 0 Å². The topological polar surface area (TPSA) is 8.17 Å². The summed E-state index contributed by atoms with van der Waals surface area (Å²) in [5.74, 6) is 0. The van der Waals surface area contributed by atoms with Gasteiger partial charge in [-0.25, -0.2) is 0 Å². The first-order chi connectivity index (χ1) is 28.6. The van der Waals surface area contributed by atoms with Gasteiger partial charge in [0.05, 0.1) is 16.7 Å². The van der Waals surface area contributed by atoms with Crippen molar-refractivity contribution in [2.45, 2.75) is 13.8 Å². The van der Waals surface area contributed by atoms with Crippen molar-refractivity contribution in [2.75, 3.05) is 4.90 Å². The van der Waals surface area contributed by atoms with E-state index < -0.39 is 0 Å². The van der Waals surface area contributed by atoms with Gasteiger partial charge in [-0.3, -0.25) is 0 Å². The van der Waals surface area contributed by atoms with E-state index in [0.717, 1.165) is 28.3 Å². The lowest BCUT2D eigenvalue weighted by molar-refractivity contribution is 1.18. The molecular formula is C56H42N2. The molecule has 0 saturated heterocycles. The normalized spacial score (nSPS) is 11.3. The standard InChI is InChI=1S/C56H42N2/c1-39-17-21-45(22-18-39)47-29-36-55(53(37-47)46-23-19-40(2)20-24-46)58-54-16-10-9-15-51(54)52-35-34-50(38-56(52)58)57(48-30-25-43(26-31-48)41-11-5-3-6-12-41)49-32-27-44(28-33-49)42-13-7-4-8-14-42/h3-38H,1-2H3. The van der Waals surface area contributed by atoms with E-state index in [1.807, 2.05) is 0 Å². The first kappa shape index (κ1) is 35.0. The molecule has 276 valence electrons. The van der Waals surface area contributed by atoms with Crippen LogP contribution in [0.3, 0.4) is 0 Å². The maximum absolute atomic E-state index is 2.47. The molecule has 0 bridgehead atoms. The molecular weight excluding hydrogens is 701 g/mol. The summed E-state index contributed by atoms with van der Waals surface area (Å²) in [5, 5.41) is 2.45. The molecule has 0 amide bonds. The lowest BCUT2D eigenvalue weighted by Crippen LogP contribution is -2.10. The van der Waals surface area contributed by atoms with Crippen LogP contribution in [0.1, 0.15) is 11.1 Å². The summed E-state index contributed by atoms with van der Waals surface area (Å²) in [4.78, 5) is 2.38. The highest BCUT2D eigenvalue weighted by molar-refractivity contribution is 6.11. The highest BCUT2D eigenvalue weighted by atomic mass is 15.1. The molecule has 0 N–H and O–H groups in total. The molecule has 10 rings (SSSR count). The van der Waals surface area contributed by atoms with Crippen molar-refractivity contribution in [3.05, 3.63) is 230 Å². The molecule has 9 aromatic carbocycles. The monoisotopic (exact) mass is 742 g/mol. The lowest BCUT2D eigenvalue weighted by Gasteiger charge is -2.26. The fraction of sp³-hybridized carbons (Fsp3) is 0.0357. The third-order valence-electron chi connectivity index (χ3n) is 11.4. The van der Waals surface area contributed by atoms with Crippen LogP contribution in [0.15, 0.2) is 218 Å². The van der Waals surface area contributed by atoms with Gasteiger partial charge in [-0.2, -0.15) is 0 Å². The maximum atomic E-state index is 2.47. The Morgan fingerprint density at radius 1 is 0.310 bits per heavy atom. The molecule has 0 aliphatic heterocycles. The van der Waals surface area contributed by atoms with Crippen LogP contribution in [0.2, 0.25) is 0 Å². The van der Waals surface area contributed by atoms with E-state index in [0.29, 0.717) is 0 Å². The average Bonchev–Trinajstić information content (AvgIpc) is 3.61. The zero-order valence-electron chi connectivity index (χ0n) is 32.7. The summed E-state index contributed by atoms with van der Waals surface area (Å²) in [5.41, 5.74) is 18.8. The van der Waals surface area contributed by atoms with Gasteiger partial charge in [-0.15, -0.1) is 0 Å². The predicted molar refractivity (Wildman–Crippen MR) is 247 cm³/mol. The van der Waals surface area contributed by atoms with Crippen molar-refractivity contribution in [1.29, 1.82) is 0 Å². The van der Waals surface area contributed by atoms with Crippen molar-refractivity contribution < 1.29 is 0 Å². The summed E-state index contributed by atoms with van der Waals surface area (Å²) in [6.45, 7) is 4.29. The van der Waals surface area contributed by atoms with Crippen LogP contribution in [-0.4, -0.2) is 4.57 Å². The van der Waals surface area contributed by atoms with Crippen LogP contribution in [0.4, 0.5) is 17.1 Å². The Bertz CT molecular complexity index is 2930. The summed E-state index contributed by atoms with van der Waals surface area (Å²) in [7, 11) is 0. The van der Waals surface area contributed by atoms with Crippen molar-refractivity contribution in [1.82, 2.24) is 4.57 Å². The SMILES string of the molecule is Cc1ccc(-c2ccc(-n3c4ccccc4c4ccc(N(c5ccc(-c6ccccc6)cc5)c5ccc(-c6ccccc6)cc5)cc43)c(-c3ccc(C)cc3)c2)cc1. The number of benzene rings is 9. The number of para-hydroxylation sites is 1. The molecule has 1 aromatic heterocycles. The molecule has 10 aromatic rings. The number of aryl methyl sites for hydroxylation is 2. The lowest BCUT2D eigenvalue weighted by atomic mass is 9.96. The Morgan fingerprint density at radius 2 is 0.741 bits per heavy atom. The van der Waals surface area contributed by atoms with Crippen molar-refractivity contribution >= 4 is 38.9 Å². The molecule has 0 aliphatic rings. The quantitative estimate of drug-likeness (QED) is 0.150. The zero-order valence-corrected chi connectivity index (χ0v) is 32.7. The second kappa shape index (κ2) is 14.9. The summed E-state index contributed by atoms with van der Waals surface area (Å²) < 4.78 is 2.47. The number of anilines is 3. The van der Waals surface area contributed by atoms with E-state index in [-0.39, 0.29) is 0 Å². The van der Waals surface area contributed by atoms with Gasteiger partial charge in [-0.05, 0) is 107 Å². The summed E-state index contributed by atoms with van der Waals surface area (Å²) in [6.07, 6.45) is 0. The number of hydrogen-bond acceptors (Lipinski definition) is 1. The van der Waals surface area contributed by atoms with Gasteiger partial charge in [0.2, 0.25) is 0 Å². The molecule has 0 spiro atoms. The minimum atomic E-state index is 1.09. The van der Waals surface area contributed by atoms with Crippen LogP contribution in [0, 0.1) is 13.8 Å². The van der Waals surface area contributed by atoms with Gasteiger partial charge >= 0.3 is 0 Å². The number of aromatic nitrogens is 1. The van der Waals surface area contributed by atoms with E-state index in [4.69, 9.17) is 0 Å². The number of rotatable bonds is 8. The molecule has 0 fully saturated rings. The van der Waals surface area contributed by atoms with Gasteiger partial charge in [0.25, 0.3) is 0 Å². The summed E-state index contributed by atoms with van der Waals surface area (Å²) in [6, 6.07) is 79.6. The third-order valence-corrected chi connectivity index (χ3v) is 11.4. The predicted octanol–water partition coefficient (Wildman–Crippen LogP) is 15.5. The highest BCUT2D eigenvalue weighted by Crippen LogP contribution is 2.42. The fourth-order valence-electron chi connectivity index (χ4n) is 8.29. The molecule has 0 saturated carbocycles. The van der Waals surface area contributed by atoms with Crippen molar-refractivity contribution in [3.63, 3.8) is 0 Å². The third kappa shape index (κ3) is 6.55. The van der Waals surface area contributed by atoms with Gasteiger partial charge in [-0.1, -0.05) is 175 Å². The Morgan fingerprint density at radius 3 is 1.33 bits per heavy atom. The van der Waals surface area contributed by atoms with E-state index in [2.05, 4.69) is 242 Å². The largest absolute Gasteiger partial charge is 0.310 e. The Balaban J connectivity index is 1.17. The van der Waals surface area contributed by atoms with Crippen molar-refractivity contribution in [3.8, 4) is 50.2 Å². The zero-order chi connectivity index (χ0) is 39.0. The van der Waals surface area contributed by atoms with Crippen LogP contribution < -0.4 is 4.90 Å². The second-order valence-corrected chi connectivity index (χ2v) is 15.2. The number of fused-ring (bicyclic) bond motifs is 3. The van der Waals surface area contributed by atoms with E-state index in [1.165, 1.54) is 71.9 Å². The van der Waals surface area contributed by atoms with Crippen LogP contribution >= 0.6 is 0 Å². The first-order valence-corrected chi connectivity index (χ1v) is 20.0. The Kier molecular flexibility index (Phi) is 9.01. The van der Waals surface area contributed by atoms with Gasteiger partial charge in [0.1, 0.15) is 0 Å². The molecule has 1 heterocycles. The first-order valence-electron chi connectivity index (χ1n) is 20.0.